The smallest absolute Gasteiger partial charge is 0.274 e. The van der Waals surface area contributed by atoms with E-state index in [1.165, 1.54) is 6.20 Å². The van der Waals surface area contributed by atoms with Crippen LogP contribution in [0.25, 0.3) is 0 Å². The molecule has 4 nitrogen and oxygen atoms in total. The van der Waals surface area contributed by atoms with E-state index in [0.29, 0.717) is 22.1 Å². The summed E-state index contributed by atoms with van der Waals surface area (Å²) in [6, 6.07) is 0. The molecule has 0 bridgehead atoms. The fraction of sp³-hybridized carbons (Fsp3) is 0.455. The van der Waals surface area contributed by atoms with Crippen molar-refractivity contribution < 1.29 is 8.78 Å². The fourth-order valence-corrected chi connectivity index (χ4v) is 1.80. The van der Waals surface area contributed by atoms with Crippen LogP contribution < -0.4 is 0 Å². The average Bonchev–Trinajstić information content (AvgIpc) is 2.71. The molecule has 0 aliphatic carbocycles. The molecule has 1 aromatic heterocycles. The number of hydrazone groups is 1. The largest absolute Gasteiger partial charge is 0.333 e. The molecule has 0 saturated heterocycles. The van der Waals surface area contributed by atoms with Crippen molar-refractivity contribution in [3.8, 4) is 0 Å². The van der Waals surface area contributed by atoms with E-state index >= 15 is 0 Å². The maximum absolute atomic E-state index is 12.4. The van der Waals surface area contributed by atoms with Crippen LogP contribution in [-0.4, -0.2) is 27.5 Å². The van der Waals surface area contributed by atoms with Gasteiger partial charge in [-0.2, -0.15) is 19.0 Å². The van der Waals surface area contributed by atoms with Crippen molar-refractivity contribution >= 4 is 22.1 Å². The van der Waals surface area contributed by atoms with Gasteiger partial charge in [0.1, 0.15) is 4.60 Å². The van der Waals surface area contributed by atoms with E-state index in [-0.39, 0.29) is 0 Å². The maximum Gasteiger partial charge on any atom is 0.333 e. The van der Waals surface area contributed by atoms with E-state index < -0.39 is 6.55 Å². The molecule has 0 aromatic carbocycles. The minimum absolute atomic E-state index is 0.451. The Morgan fingerprint density at radius 3 is 2.89 bits per heavy atom. The molecule has 7 heteroatoms. The van der Waals surface area contributed by atoms with E-state index in [2.05, 4.69) is 32.7 Å². The minimum atomic E-state index is -2.61. The Balaban J connectivity index is 2.51. The molecule has 0 aliphatic rings. The molecule has 0 fully saturated rings. The number of alkyl halides is 2. The summed E-state index contributed by atoms with van der Waals surface area (Å²) < 4.78 is 25.9. The molecule has 1 heterocycles. The van der Waals surface area contributed by atoms with Crippen LogP contribution in [0.1, 0.15) is 25.5 Å². The first-order valence-corrected chi connectivity index (χ1v) is 6.31. The van der Waals surface area contributed by atoms with Crippen LogP contribution in [0.15, 0.2) is 28.7 Å². The van der Waals surface area contributed by atoms with Gasteiger partial charge in [-0.25, -0.2) is 4.68 Å². The molecule has 0 amide bonds. The van der Waals surface area contributed by atoms with Crippen LogP contribution in [0.4, 0.5) is 8.78 Å². The van der Waals surface area contributed by atoms with Crippen molar-refractivity contribution in [2.75, 3.05) is 6.54 Å². The predicted molar refractivity (Wildman–Crippen MR) is 70.6 cm³/mol. The fourth-order valence-electron chi connectivity index (χ4n) is 1.32. The van der Waals surface area contributed by atoms with Gasteiger partial charge in [-0.15, -0.1) is 0 Å². The third kappa shape index (κ3) is 4.21. The van der Waals surface area contributed by atoms with E-state index in [1.54, 1.807) is 17.4 Å². The molecule has 0 atom stereocenters. The topological polar surface area (TPSA) is 33.4 Å². The summed E-state index contributed by atoms with van der Waals surface area (Å²) in [6.45, 7) is 3.71. The Labute approximate surface area is 113 Å². The third-order valence-electron chi connectivity index (χ3n) is 2.26. The number of rotatable bonds is 7. The van der Waals surface area contributed by atoms with Gasteiger partial charge in [0.2, 0.25) is 0 Å². The molecular weight excluding hydrogens is 306 g/mol. The second-order valence-corrected chi connectivity index (χ2v) is 4.23. The highest BCUT2D eigenvalue weighted by atomic mass is 79.9. The van der Waals surface area contributed by atoms with Crippen molar-refractivity contribution in [2.24, 2.45) is 5.10 Å². The molecular formula is C11H15BrF2N4. The van der Waals surface area contributed by atoms with E-state index in [0.717, 1.165) is 12.1 Å². The van der Waals surface area contributed by atoms with Crippen molar-refractivity contribution in [3.05, 3.63) is 29.1 Å². The van der Waals surface area contributed by atoms with E-state index in [1.807, 2.05) is 6.92 Å². The van der Waals surface area contributed by atoms with Gasteiger partial charge in [0.05, 0.1) is 0 Å². The summed E-state index contributed by atoms with van der Waals surface area (Å²) >= 11 is 3.16. The predicted octanol–water partition coefficient (Wildman–Crippen LogP) is 3.42. The van der Waals surface area contributed by atoms with Gasteiger partial charge in [0.15, 0.2) is 0 Å². The van der Waals surface area contributed by atoms with Gasteiger partial charge < -0.3 is 0 Å². The number of nitrogens with zero attached hydrogens (tertiary/aromatic N) is 4. The second kappa shape index (κ2) is 7.25. The highest BCUT2D eigenvalue weighted by Gasteiger charge is 2.11. The lowest BCUT2D eigenvalue weighted by Gasteiger charge is -2.08. The quantitative estimate of drug-likeness (QED) is 0.569. The van der Waals surface area contributed by atoms with Gasteiger partial charge in [-0.1, -0.05) is 6.58 Å². The summed E-state index contributed by atoms with van der Waals surface area (Å²) in [7, 11) is 0. The summed E-state index contributed by atoms with van der Waals surface area (Å²) in [4.78, 5) is 0. The Morgan fingerprint density at radius 1 is 1.67 bits per heavy atom. The van der Waals surface area contributed by atoms with Gasteiger partial charge in [-0.05, 0) is 35.7 Å². The SMILES string of the molecule is C=CN(CC)/N=C\CCc1cn(C(F)F)nc1Br. The molecule has 1 rings (SSSR count). The molecule has 1 aromatic rings. The summed E-state index contributed by atoms with van der Waals surface area (Å²) in [5.41, 5.74) is 0.739. The lowest BCUT2D eigenvalue weighted by Crippen LogP contribution is -2.07. The molecule has 0 radical (unpaired) electrons. The molecule has 0 N–H and O–H groups in total. The van der Waals surface area contributed by atoms with Crippen LogP contribution in [0, 0.1) is 0 Å². The zero-order valence-corrected chi connectivity index (χ0v) is 11.6. The van der Waals surface area contributed by atoms with Crippen LogP contribution >= 0.6 is 15.9 Å². The number of halogens is 3. The molecule has 100 valence electrons. The Hall–Kier alpha value is -1.24. The lowest BCUT2D eigenvalue weighted by molar-refractivity contribution is 0.0562. The van der Waals surface area contributed by atoms with E-state index in [4.69, 9.17) is 0 Å². The van der Waals surface area contributed by atoms with Gasteiger partial charge in [0, 0.05) is 30.7 Å². The minimum Gasteiger partial charge on any atom is -0.274 e. The van der Waals surface area contributed by atoms with Crippen LogP contribution in [0.3, 0.4) is 0 Å². The normalized spacial score (nSPS) is 11.4. The molecule has 0 spiro atoms. The summed E-state index contributed by atoms with van der Waals surface area (Å²) in [5, 5.41) is 9.51. The molecule has 0 saturated carbocycles. The van der Waals surface area contributed by atoms with Gasteiger partial charge >= 0.3 is 6.55 Å². The zero-order chi connectivity index (χ0) is 13.5. The maximum atomic E-state index is 12.4. The molecule has 18 heavy (non-hydrogen) atoms. The molecule has 0 aliphatic heterocycles. The van der Waals surface area contributed by atoms with Crippen molar-refractivity contribution in [1.82, 2.24) is 14.8 Å². The van der Waals surface area contributed by atoms with Crippen molar-refractivity contribution in [3.63, 3.8) is 0 Å². The summed E-state index contributed by atoms with van der Waals surface area (Å²) in [6.07, 6.45) is 5.95. The Morgan fingerprint density at radius 2 is 2.39 bits per heavy atom. The Kier molecular flexibility index (Phi) is 5.97. The van der Waals surface area contributed by atoms with Crippen LogP contribution in [-0.2, 0) is 6.42 Å². The van der Waals surface area contributed by atoms with E-state index in [9.17, 15) is 8.78 Å². The summed E-state index contributed by atoms with van der Waals surface area (Å²) in [5.74, 6) is 0. The van der Waals surface area contributed by atoms with Gasteiger partial charge in [-0.3, -0.25) is 5.01 Å². The number of aromatic nitrogens is 2. The number of hydrogen-bond donors (Lipinski definition) is 0. The first kappa shape index (κ1) is 14.8. The highest BCUT2D eigenvalue weighted by molar-refractivity contribution is 9.10. The zero-order valence-electron chi connectivity index (χ0n) is 10.1. The average molecular weight is 321 g/mol. The lowest BCUT2D eigenvalue weighted by atomic mass is 10.2. The monoisotopic (exact) mass is 320 g/mol. The van der Waals surface area contributed by atoms with Crippen LogP contribution in [0.2, 0.25) is 0 Å². The van der Waals surface area contributed by atoms with Crippen molar-refractivity contribution in [2.45, 2.75) is 26.3 Å². The highest BCUT2D eigenvalue weighted by Crippen LogP contribution is 2.19. The van der Waals surface area contributed by atoms with Gasteiger partial charge in [0.25, 0.3) is 0 Å². The standard InChI is InChI=1S/C11H15BrF2N4/c1-3-17(4-2)15-7-5-6-9-8-18(11(13)14)16-10(9)12/h3,7-8,11H,1,4-6H2,2H3/b15-7-. The third-order valence-corrected chi connectivity index (χ3v) is 2.93. The first-order chi connectivity index (χ1) is 8.58. The van der Waals surface area contributed by atoms with Crippen LogP contribution in [0.5, 0.6) is 0 Å². The number of hydrogen-bond acceptors (Lipinski definition) is 3. The van der Waals surface area contributed by atoms with Crippen molar-refractivity contribution in [1.29, 1.82) is 0 Å². The molecule has 0 unspecified atom stereocenters. The number of aryl methyl sites for hydroxylation is 1. The Bertz CT molecular complexity index is 417. The first-order valence-electron chi connectivity index (χ1n) is 5.51. The second-order valence-electron chi connectivity index (χ2n) is 3.48.